The third-order valence-electron chi connectivity index (χ3n) is 3.78. The highest BCUT2D eigenvalue weighted by Crippen LogP contribution is 2.23. The van der Waals surface area contributed by atoms with E-state index < -0.39 is 0 Å². The lowest BCUT2D eigenvalue weighted by molar-refractivity contribution is -0.115. The number of ether oxygens (including phenoxy) is 1. The number of nitrogens with one attached hydrogen (secondary N) is 1. The first-order chi connectivity index (χ1) is 14.1. The van der Waals surface area contributed by atoms with Gasteiger partial charge in [-0.05, 0) is 48.5 Å². The molecule has 3 aromatic carbocycles. The minimum absolute atomic E-state index is 0.0800. The largest absolute Gasteiger partial charge is 0.457 e. The predicted molar refractivity (Wildman–Crippen MR) is 116 cm³/mol. The maximum Gasteiger partial charge on any atom is 0.229 e. The summed E-state index contributed by atoms with van der Waals surface area (Å²) in [6, 6.07) is 21.7. The van der Waals surface area contributed by atoms with E-state index in [9.17, 15) is 4.79 Å². The Morgan fingerprint density at radius 2 is 1.69 bits per heavy atom. The van der Waals surface area contributed by atoms with Gasteiger partial charge in [-0.2, -0.15) is 0 Å². The van der Waals surface area contributed by atoms with E-state index in [0.717, 1.165) is 11.3 Å². The average Bonchev–Trinajstić information content (AvgIpc) is 2.71. The molecule has 0 aliphatic rings. The van der Waals surface area contributed by atoms with Gasteiger partial charge in [0.25, 0.3) is 0 Å². The van der Waals surface area contributed by atoms with Crippen LogP contribution >= 0.6 is 23.2 Å². The monoisotopic (exact) mass is 428 g/mol. The lowest BCUT2D eigenvalue weighted by atomic mass is 10.2. The molecule has 3 aromatic rings. The first kappa shape index (κ1) is 20.7. The fraction of sp³-hybridized carbons (Fsp3) is 0.0909. The van der Waals surface area contributed by atoms with E-state index in [2.05, 4.69) is 10.5 Å². The first-order valence-corrected chi connectivity index (χ1v) is 9.56. The van der Waals surface area contributed by atoms with Crippen molar-refractivity contribution in [3.05, 3.63) is 88.4 Å². The van der Waals surface area contributed by atoms with Gasteiger partial charge >= 0.3 is 0 Å². The second-order valence-corrected chi connectivity index (χ2v) is 6.83. The number of hydrogen-bond acceptors (Lipinski definition) is 4. The topological polar surface area (TPSA) is 59.9 Å². The van der Waals surface area contributed by atoms with Crippen LogP contribution in [0.25, 0.3) is 0 Å². The van der Waals surface area contributed by atoms with E-state index >= 15 is 0 Å². The van der Waals surface area contributed by atoms with E-state index in [0.29, 0.717) is 21.5 Å². The Bertz CT molecular complexity index is 977. The molecule has 0 unspecified atom stereocenters. The number of para-hydroxylation sites is 1. The number of hydrogen-bond donors (Lipinski definition) is 1. The zero-order chi connectivity index (χ0) is 20.5. The van der Waals surface area contributed by atoms with Gasteiger partial charge in [0.2, 0.25) is 5.91 Å². The average molecular weight is 429 g/mol. The first-order valence-electron chi connectivity index (χ1n) is 8.81. The third kappa shape index (κ3) is 6.82. The number of nitrogens with zero attached hydrogens (tertiary/aromatic N) is 1. The molecule has 1 N–H and O–H groups in total. The summed E-state index contributed by atoms with van der Waals surface area (Å²) in [5.74, 6) is 1.23. The van der Waals surface area contributed by atoms with Crippen molar-refractivity contribution >= 4 is 41.0 Å². The van der Waals surface area contributed by atoms with Crippen LogP contribution in [0.3, 0.4) is 0 Å². The molecule has 1 amide bonds. The molecule has 7 heteroatoms. The normalized spacial score (nSPS) is 10.7. The number of rotatable bonds is 8. The quantitative estimate of drug-likeness (QED) is 0.337. The van der Waals surface area contributed by atoms with Crippen molar-refractivity contribution in [1.82, 2.24) is 0 Å². The minimum Gasteiger partial charge on any atom is -0.457 e. The highest BCUT2D eigenvalue weighted by molar-refractivity contribution is 6.35. The molecule has 29 heavy (non-hydrogen) atoms. The van der Waals surface area contributed by atoms with Crippen molar-refractivity contribution in [1.29, 1.82) is 0 Å². The molecule has 0 heterocycles. The summed E-state index contributed by atoms with van der Waals surface area (Å²) < 4.78 is 5.71. The van der Waals surface area contributed by atoms with Crippen LogP contribution in [-0.2, 0) is 16.2 Å². The summed E-state index contributed by atoms with van der Waals surface area (Å²) in [5, 5.41) is 7.61. The van der Waals surface area contributed by atoms with Crippen LogP contribution in [0.5, 0.6) is 11.5 Å². The summed E-state index contributed by atoms with van der Waals surface area (Å²) in [7, 11) is 0. The van der Waals surface area contributed by atoms with Crippen molar-refractivity contribution in [2.24, 2.45) is 5.16 Å². The highest BCUT2D eigenvalue weighted by Gasteiger charge is 2.03. The van der Waals surface area contributed by atoms with Crippen LogP contribution in [0, 0.1) is 0 Å². The fourth-order valence-corrected chi connectivity index (χ4v) is 2.82. The van der Waals surface area contributed by atoms with Gasteiger partial charge in [0.1, 0.15) is 18.1 Å². The van der Waals surface area contributed by atoms with Crippen LogP contribution in [0.4, 0.5) is 5.69 Å². The van der Waals surface area contributed by atoms with Crippen molar-refractivity contribution in [2.75, 3.05) is 5.32 Å². The molecule has 0 spiro atoms. The predicted octanol–water partition coefficient (Wildman–Crippen LogP) is 6.32. The molecule has 0 radical (unpaired) electrons. The van der Waals surface area contributed by atoms with Crippen molar-refractivity contribution < 1.29 is 14.4 Å². The maximum atomic E-state index is 12.0. The van der Waals surface area contributed by atoms with Gasteiger partial charge in [0, 0.05) is 21.3 Å². The zero-order valence-electron chi connectivity index (χ0n) is 15.3. The Kier molecular flexibility index (Phi) is 7.50. The van der Waals surface area contributed by atoms with Crippen LogP contribution in [0.1, 0.15) is 12.0 Å². The number of halogens is 2. The van der Waals surface area contributed by atoms with Crippen LogP contribution in [-0.4, -0.2) is 12.1 Å². The molecule has 148 valence electrons. The number of anilines is 1. The lowest BCUT2D eigenvalue weighted by Crippen LogP contribution is -2.11. The van der Waals surface area contributed by atoms with Crippen LogP contribution < -0.4 is 10.1 Å². The van der Waals surface area contributed by atoms with Gasteiger partial charge < -0.3 is 14.9 Å². The summed E-state index contributed by atoms with van der Waals surface area (Å²) in [4.78, 5) is 17.1. The van der Waals surface area contributed by atoms with E-state index in [1.807, 2.05) is 30.3 Å². The number of carbonyl (C=O) groups is 1. The van der Waals surface area contributed by atoms with Crippen molar-refractivity contribution in [3.63, 3.8) is 0 Å². The summed E-state index contributed by atoms with van der Waals surface area (Å²) in [5.41, 5.74) is 1.42. The van der Waals surface area contributed by atoms with Gasteiger partial charge in [0.15, 0.2) is 0 Å². The smallest absolute Gasteiger partial charge is 0.229 e. The molecule has 0 aromatic heterocycles. The molecular formula is C22H18Cl2N2O3. The van der Waals surface area contributed by atoms with Gasteiger partial charge in [-0.3, -0.25) is 4.79 Å². The standard InChI is InChI=1S/C22H18Cl2N2O3/c23-17-7-6-16(21(24)14-17)15-28-25-13-12-22(27)26-18-8-10-20(11-9-18)29-19-4-2-1-3-5-19/h1-11,13-14H,12,15H2,(H,26,27). The zero-order valence-corrected chi connectivity index (χ0v) is 16.9. The Balaban J connectivity index is 1.41. The maximum absolute atomic E-state index is 12.0. The van der Waals surface area contributed by atoms with Crippen LogP contribution in [0.2, 0.25) is 10.0 Å². The number of oxime groups is 1. The SMILES string of the molecule is O=C(CC=NOCc1ccc(Cl)cc1Cl)Nc1ccc(Oc2ccccc2)cc1. The van der Waals surface area contributed by atoms with E-state index in [-0.39, 0.29) is 18.9 Å². The molecule has 0 aliphatic heterocycles. The lowest BCUT2D eigenvalue weighted by Gasteiger charge is -2.07. The molecule has 3 rings (SSSR count). The molecule has 0 atom stereocenters. The Morgan fingerprint density at radius 3 is 2.41 bits per heavy atom. The minimum atomic E-state index is -0.210. The number of carbonyl (C=O) groups excluding carboxylic acids is 1. The Hall–Kier alpha value is -3.02. The Labute approximate surface area is 178 Å². The second kappa shape index (κ2) is 10.5. The molecule has 0 saturated heterocycles. The number of benzene rings is 3. The summed E-state index contributed by atoms with van der Waals surface area (Å²) in [6.45, 7) is 0.191. The summed E-state index contributed by atoms with van der Waals surface area (Å²) in [6.07, 6.45) is 1.47. The van der Waals surface area contributed by atoms with Crippen LogP contribution in [0.15, 0.2) is 78.0 Å². The fourth-order valence-electron chi connectivity index (χ4n) is 2.36. The number of amides is 1. The van der Waals surface area contributed by atoms with E-state index in [1.54, 1.807) is 42.5 Å². The van der Waals surface area contributed by atoms with Crippen molar-refractivity contribution in [2.45, 2.75) is 13.0 Å². The van der Waals surface area contributed by atoms with Gasteiger partial charge in [-0.1, -0.05) is 52.6 Å². The summed E-state index contributed by atoms with van der Waals surface area (Å²) >= 11 is 11.9. The van der Waals surface area contributed by atoms with Gasteiger partial charge in [0.05, 0.1) is 12.6 Å². The molecular weight excluding hydrogens is 411 g/mol. The van der Waals surface area contributed by atoms with Crippen molar-refractivity contribution in [3.8, 4) is 11.5 Å². The third-order valence-corrected chi connectivity index (χ3v) is 4.36. The van der Waals surface area contributed by atoms with Gasteiger partial charge in [-0.25, -0.2) is 0 Å². The molecule has 5 nitrogen and oxygen atoms in total. The van der Waals surface area contributed by atoms with E-state index in [1.165, 1.54) is 6.21 Å². The van der Waals surface area contributed by atoms with E-state index in [4.69, 9.17) is 32.8 Å². The molecule has 0 aliphatic carbocycles. The molecule has 0 saturated carbocycles. The molecule has 0 bridgehead atoms. The molecule has 0 fully saturated rings. The second-order valence-electron chi connectivity index (χ2n) is 5.99. The Morgan fingerprint density at radius 1 is 0.966 bits per heavy atom. The highest BCUT2D eigenvalue weighted by atomic mass is 35.5. The van der Waals surface area contributed by atoms with Gasteiger partial charge in [-0.15, -0.1) is 0 Å².